The van der Waals surface area contributed by atoms with Crippen LogP contribution in [0.1, 0.15) is 19.5 Å². The maximum atomic E-state index is 12.4. The van der Waals surface area contributed by atoms with Gasteiger partial charge in [-0.15, -0.1) is 0 Å². The molecule has 132 valence electrons. The van der Waals surface area contributed by atoms with Gasteiger partial charge in [0.1, 0.15) is 5.65 Å². The number of nitrogens with zero attached hydrogens (tertiary/aromatic N) is 1. The van der Waals surface area contributed by atoms with Crippen molar-refractivity contribution in [2.24, 2.45) is 0 Å². The molecular formula is C18H21N3O3S. The van der Waals surface area contributed by atoms with Gasteiger partial charge >= 0.3 is 0 Å². The summed E-state index contributed by atoms with van der Waals surface area (Å²) in [4.78, 5) is 7.67. The lowest BCUT2D eigenvalue weighted by atomic mass is 10.0. The summed E-state index contributed by atoms with van der Waals surface area (Å²) in [7, 11) is -3.67. The van der Waals surface area contributed by atoms with Gasteiger partial charge in [0.25, 0.3) is 0 Å². The van der Waals surface area contributed by atoms with Crippen LogP contribution in [0.4, 0.5) is 0 Å². The average Bonchev–Trinajstić information content (AvgIpc) is 2.94. The second-order valence-corrected chi connectivity index (χ2v) is 7.96. The molecule has 0 saturated carbocycles. The van der Waals surface area contributed by atoms with E-state index in [0.717, 1.165) is 27.9 Å². The van der Waals surface area contributed by atoms with Gasteiger partial charge in [0, 0.05) is 23.3 Å². The van der Waals surface area contributed by atoms with Crippen LogP contribution in [-0.2, 0) is 10.0 Å². The third kappa shape index (κ3) is 3.58. The fourth-order valence-electron chi connectivity index (χ4n) is 2.63. The second-order valence-electron chi connectivity index (χ2n) is 6.25. The van der Waals surface area contributed by atoms with Crippen LogP contribution in [0.5, 0.6) is 0 Å². The Morgan fingerprint density at radius 2 is 1.84 bits per heavy atom. The number of aromatic nitrogens is 2. The minimum atomic E-state index is -3.67. The zero-order valence-electron chi connectivity index (χ0n) is 14.3. The van der Waals surface area contributed by atoms with Gasteiger partial charge in [0.2, 0.25) is 10.0 Å². The number of aryl methyl sites for hydroxylation is 1. The first-order chi connectivity index (χ1) is 11.8. The van der Waals surface area contributed by atoms with E-state index in [1.54, 1.807) is 44.3 Å². The molecule has 25 heavy (non-hydrogen) atoms. The van der Waals surface area contributed by atoms with Crippen LogP contribution in [0.15, 0.2) is 47.5 Å². The van der Waals surface area contributed by atoms with Crippen molar-refractivity contribution in [2.45, 2.75) is 37.8 Å². The molecule has 0 aliphatic heterocycles. The van der Waals surface area contributed by atoms with E-state index in [0.29, 0.717) is 0 Å². The second kappa shape index (κ2) is 6.59. The van der Waals surface area contributed by atoms with Crippen molar-refractivity contribution in [3.05, 3.63) is 48.3 Å². The Kier molecular flexibility index (Phi) is 4.64. The Morgan fingerprint density at radius 3 is 2.48 bits per heavy atom. The van der Waals surface area contributed by atoms with Crippen molar-refractivity contribution in [2.75, 3.05) is 0 Å². The van der Waals surface area contributed by atoms with Gasteiger partial charge in [0.15, 0.2) is 0 Å². The Hall–Kier alpha value is -2.22. The topological polar surface area (TPSA) is 95.1 Å². The van der Waals surface area contributed by atoms with E-state index in [1.807, 2.05) is 19.1 Å². The van der Waals surface area contributed by atoms with Crippen LogP contribution < -0.4 is 4.72 Å². The van der Waals surface area contributed by atoms with Gasteiger partial charge in [0.05, 0.1) is 11.0 Å². The van der Waals surface area contributed by atoms with Crippen LogP contribution in [0, 0.1) is 6.92 Å². The minimum Gasteiger partial charge on any atom is -0.392 e. The van der Waals surface area contributed by atoms with Crippen molar-refractivity contribution < 1.29 is 13.5 Å². The molecule has 0 aliphatic rings. The number of aliphatic hydroxyl groups excluding tert-OH is 1. The predicted octanol–water partition coefficient (Wildman–Crippen LogP) is 2.59. The summed E-state index contributed by atoms with van der Waals surface area (Å²) in [6.07, 6.45) is 0.959. The van der Waals surface area contributed by atoms with Gasteiger partial charge in [-0.3, -0.25) is 0 Å². The summed E-state index contributed by atoms with van der Waals surface area (Å²) in [6.45, 7) is 5.14. The minimum absolute atomic E-state index is 0.166. The molecule has 3 N–H and O–H groups in total. The number of benzene rings is 1. The molecule has 2 aromatic heterocycles. The van der Waals surface area contributed by atoms with Crippen LogP contribution in [0.25, 0.3) is 22.2 Å². The normalized spacial score (nSPS) is 14.6. The van der Waals surface area contributed by atoms with Crippen LogP contribution >= 0.6 is 0 Å². The SMILES string of the molecule is Cc1cc2c(-c3ccc(S(=O)(=O)N[C@@H](C)[C@@H](C)O)cc3)ccnc2[nH]1. The average molecular weight is 359 g/mol. The number of aliphatic hydroxyl groups is 1. The van der Waals surface area contributed by atoms with E-state index in [-0.39, 0.29) is 4.90 Å². The molecule has 0 bridgehead atoms. The predicted molar refractivity (Wildman–Crippen MR) is 97.7 cm³/mol. The van der Waals surface area contributed by atoms with Gasteiger partial charge in [-0.25, -0.2) is 18.1 Å². The molecule has 3 aromatic rings. The zero-order valence-corrected chi connectivity index (χ0v) is 15.1. The van der Waals surface area contributed by atoms with Crippen molar-refractivity contribution in [1.29, 1.82) is 0 Å². The van der Waals surface area contributed by atoms with E-state index in [2.05, 4.69) is 14.7 Å². The number of hydrogen-bond donors (Lipinski definition) is 3. The van der Waals surface area contributed by atoms with E-state index in [4.69, 9.17) is 0 Å². The van der Waals surface area contributed by atoms with E-state index >= 15 is 0 Å². The number of fused-ring (bicyclic) bond motifs is 1. The summed E-state index contributed by atoms with van der Waals surface area (Å²) in [5.41, 5.74) is 3.72. The lowest BCUT2D eigenvalue weighted by Gasteiger charge is -2.16. The Balaban J connectivity index is 1.94. The standard InChI is InChI=1S/C18H21N3O3S/c1-11-10-17-16(8-9-19-18(17)20-11)14-4-6-15(7-5-14)25(23,24)21-12(2)13(3)22/h4-10,12-13,21-22H,1-3H3,(H,19,20)/t12-,13+/m0/s1. The highest BCUT2D eigenvalue weighted by Gasteiger charge is 2.20. The molecule has 3 rings (SSSR count). The molecule has 2 heterocycles. The number of nitrogens with one attached hydrogen (secondary N) is 2. The third-order valence-corrected chi connectivity index (χ3v) is 5.78. The molecule has 0 radical (unpaired) electrons. The van der Waals surface area contributed by atoms with Gasteiger partial charge in [-0.05, 0) is 56.2 Å². The van der Waals surface area contributed by atoms with Crippen molar-refractivity contribution in [1.82, 2.24) is 14.7 Å². The molecule has 2 atom stereocenters. The van der Waals surface area contributed by atoms with Gasteiger partial charge in [-0.2, -0.15) is 0 Å². The van der Waals surface area contributed by atoms with Gasteiger partial charge in [-0.1, -0.05) is 12.1 Å². The molecule has 7 heteroatoms. The Morgan fingerprint density at radius 1 is 1.16 bits per heavy atom. The molecule has 0 fully saturated rings. The lowest BCUT2D eigenvalue weighted by Crippen LogP contribution is -2.39. The number of rotatable bonds is 5. The number of pyridine rings is 1. The molecule has 0 amide bonds. The quantitative estimate of drug-likeness (QED) is 0.652. The van der Waals surface area contributed by atoms with Crippen LogP contribution in [0.3, 0.4) is 0 Å². The summed E-state index contributed by atoms with van der Waals surface area (Å²) >= 11 is 0. The van der Waals surface area contributed by atoms with Crippen LogP contribution in [0.2, 0.25) is 0 Å². The number of hydrogen-bond acceptors (Lipinski definition) is 4. The van der Waals surface area contributed by atoms with E-state index in [9.17, 15) is 13.5 Å². The highest BCUT2D eigenvalue weighted by Crippen LogP contribution is 2.28. The first-order valence-corrected chi connectivity index (χ1v) is 9.51. The highest BCUT2D eigenvalue weighted by molar-refractivity contribution is 7.89. The molecule has 1 aromatic carbocycles. The first kappa shape index (κ1) is 17.6. The molecular weight excluding hydrogens is 338 g/mol. The number of aromatic amines is 1. The molecule has 0 aliphatic carbocycles. The summed E-state index contributed by atoms with van der Waals surface area (Å²) in [6, 6.07) is 10.1. The largest absolute Gasteiger partial charge is 0.392 e. The fourth-order valence-corrected chi connectivity index (χ4v) is 3.95. The maximum absolute atomic E-state index is 12.4. The third-order valence-electron chi connectivity index (χ3n) is 4.21. The number of H-pyrrole nitrogens is 1. The zero-order chi connectivity index (χ0) is 18.2. The number of sulfonamides is 1. The Bertz CT molecular complexity index is 992. The van der Waals surface area contributed by atoms with Crippen molar-refractivity contribution in [3.63, 3.8) is 0 Å². The van der Waals surface area contributed by atoms with Gasteiger partial charge < -0.3 is 10.1 Å². The monoisotopic (exact) mass is 359 g/mol. The molecule has 6 nitrogen and oxygen atoms in total. The summed E-state index contributed by atoms with van der Waals surface area (Å²) in [5, 5.41) is 10.5. The van der Waals surface area contributed by atoms with E-state index < -0.39 is 22.2 Å². The first-order valence-electron chi connectivity index (χ1n) is 8.03. The smallest absolute Gasteiger partial charge is 0.240 e. The summed E-state index contributed by atoms with van der Waals surface area (Å²) < 4.78 is 27.2. The van der Waals surface area contributed by atoms with Crippen LogP contribution in [-0.4, -0.2) is 35.6 Å². The molecule has 0 spiro atoms. The van der Waals surface area contributed by atoms with Crippen molar-refractivity contribution in [3.8, 4) is 11.1 Å². The summed E-state index contributed by atoms with van der Waals surface area (Å²) in [5.74, 6) is 0. The van der Waals surface area contributed by atoms with Crippen molar-refractivity contribution >= 4 is 21.1 Å². The molecule has 0 unspecified atom stereocenters. The maximum Gasteiger partial charge on any atom is 0.240 e. The highest BCUT2D eigenvalue weighted by atomic mass is 32.2. The lowest BCUT2D eigenvalue weighted by molar-refractivity contribution is 0.163. The molecule has 0 saturated heterocycles. The fraction of sp³-hybridized carbons (Fsp3) is 0.278. The Labute approximate surface area is 147 Å². The van der Waals surface area contributed by atoms with E-state index in [1.165, 1.54) is 0 Å².